The average Bonchev–Trinajstić information content (AvgIpc) is 2.82. The highest BCUT2D eigenvalue weighted by Crippen LogP contribution is 2.45. The normalized spacial score (nSPS) is 17.7. The first-order valence-electron chi connectivity index (χ1n) is 10.5. The Balaban J connectivity index is 1.65. The molecule has 2 aliphatic rings. The number of Topliss-reactive ketones (excluding diaryl/α,β-unsaturated/α-hetero) is 1. The van der Waals surface area contributed by atoms with Crippen LogP contribution in [0, 0.1) is 10.1 Å². The Morgan fingerprint density at radius 3 is 2.76 bits per heavy atom. The number of benzene rings is 2. The van der Waals surface area contributed by atoms with Gasteiger partial charge in [-0.3, -0.25) is 14.9 Å². The highest BCUT2D eigenvalue weighted by Gasteiger charge is 2.41. The van der Waals surface area contributed by atoms with Crippen LogP contribution in [0.5, 0.6) is 5.75 Å². The minimum Gasteiger partial charge on any atom is -0.487 e. The van der Waals surface area contributed by atoms with Gasteiger partial charge in [0, 0.05) is 30.5 Å². The van der Waals surface area contributed by atoms with E-state index in [9.17, 15) is 19.7 Å². The number of ketones is 1. The molecule has 0 spiro atoms. The van der Waals surface area contributed by atoms with Crippen molar-refractivity contribution in [2.75, 3.05) is 7.11 Å². The molecule has 1 atom stereocenters. The molecule has 2 aromatic carbocycles. The molecule has 176 valence electrons. The fraction of sp³-hybridized carbons (Fsp3) is 0.250. The van der Waals surface area contributed by atoms with Crippen LogP contribution in [0.3, 0.4) is 0 Å². The summed E-state index contributed by atoms with van der Waals surface area (Å²) in [6.07, 6.45) is 1.51. The van der Waals surface area contributed by atoms with Crippen molar-refractivity contribution >= 4 is 29.0 Å². The van der Waals surface area contributed by atoms with Crippen molar-refractivity contribution in [1.82, 2.24) is 0 Å². The van der Waals surface area contributed by atoms with Crippen molar-refractivity contribution < 1.29 is 28.7 Å². The standard InChI is InChI=1S/C24H21ClN2O7/c1-32-24(29)22-20(21-17(28)6-3-7-19(21)34-23(22)26)14-8-9-18(16(25)11-14)33-12-13-4-2-5-15(10-13)27(30)31/h2,4-5,8-11,20H,3,6-7,12,26H2,1H3/t20-/m0/s1. The summed E-state index contributed by atoms with van der Waals surface area (Å²) in [5.41, 5.74) is 7.59. The van der Waals surface area contributed by atoms with E-state index >= 15 is 0 Å². The van der Waals surface area contributed by atoms with Gasteiger partial charge in [0.15, 0.2) is 5.78 Å². The highest BCUT2D eigenvalue weighted by atomic mass is 35.5. The second kappa shape index (κ2) is 9.56. The molecule has 0 unspecified atom stereocenters. The number of nitro benzene ring substituents is 1. The first kappa shape index (κ1) is 23.3. The third-order valence-corrected chi connectivity index (χ3v) is 5.99. The second-order valence-electron chi connectivity index (χ2n) is 7.82. The molecule has 10 heteroatoms. The lowest BCUT2D eigenvalue weighted by molar-refractivity contribution is -0.384. The molecular weight excluding hydrogens is 464 g/mol. The number of hydrogen-bond acceptors (Lipinski definition) is 8. The van der Waals surface area contributed by atoms with E-state index in [1.54, 1.807) is 30.3 Å². The molecule has 34 heavy (non-hydrogen) atoms. The number of carbonyl (C=O) groups excluding carboxylic acids is 2. The Morgan fingerprint density at radius 2 is 2.06 bits per heavy atom. The van der Waals surface area contributed by atoms with E-state index in [1.165, 1.54) is 19.2 Å². The molecule has 0 amide bonds. The molecule has 1 aliphatic heterocycles. The molecule has 0 saturated carbocycles. The largest absolute Gasteiger partial charge is 0.487 e. The van der Waals surface area contributed by atoms with Crippen LogP contribution < -0.4 is 10.5 Å². The van der Waals surface area contributed by atoms with Crippen LogP contribution in [-0.4, -0.2) is 23.8 Å². The predicted molar refractivity (Wildman–Crippen MR) is 122 cm³/mol. The summed E-state index contributed by atoms with van der Waals surface area (Å²) in [6, 6.07) is 11.0. The Kier molecular flexibility index (Phi) is 6.56. The zero-order valence-corrected chi connectivity index (χ0v) is 19.0. The van der Waals surface area contributed by atoms with Crippen LogP contribution in [0.25, 0.3) is 0 Å². The van der Waals surface area contributed by atoms with E-state index in [-0.39, 0.29) is 34.6 Å². The van der Waals surface area contributed by atoms with Crippen LogP contribution in [0.1, 0.15) is 36.3 Å². The molecule has 2 aromatic rings. The van der Waals surface area contributed by atoms with Gasteiger partial charge in [0.05, 0.1) is 23.0 Å². The zero-order chi connectivity index (χ0) is 24.4. The fourth-order valence-corrected chi connectivity index (χ4v) is 4.38. The van der Waals surface area contributed by atoms with Crippen molar-refractivity contribution in [3.05, 3.63) is 91.5 Å². The van der Waals surface area contributed by atoms with Crippen molar-refractivity contribution in [2.45, 2.75) is 31.8 Å². The van der Waals surface area contributed by atoms with Gasteiger partial charge in [-0.25, -0.2) is 4.79 Å². The first-order chi connectivity index (χ1) is 16.3. The highest BCUT2D eigenvalue weighted by molar-refractivity contribution is 6.32. The minimum absolute atomic E-state index is 0.0389. The lowest BCUT2D eigenvalue weighted by Crippen LogP contribution is -2.31. The van der Waals surface area contributed by atoms with Crippen molar-refractivity contribution in [3.63, 3.8) is 0 Å². The molecule has 0 aromatic heterocycles. The smallest absolute Gasteiger partial charge is 0.340 e. The first-order valence-corrected chi connectivity index (χ1v) is 10.9. The lowest BCUT2D eigenvalue weighted by Gasteiger charge is -2.32. The summed E-state index contributed by atoms with van der Waals surface area (Å²) >= 11 is 6.48. The van der Waals surface area contributed by atoms with Crippen molar-refractivity contribution in [1.29, 1.82) is 0 Å². The predicted octanol–water partition coefficient (Wildman–Crippen LogP) is 4.29. The maximum atomic E-state index is 12.8. The fourth-order valence-electron chi connectivity index (χ4n) is 4.13. The molecule has 0 fully saturated rings. The van der Waals surface area contributed by atoms with Gasteiger partial charge in [-0.15, -0.1) is 0 Å². The number of esters is 1. The number of carbonyl (C=O) groups is 2. The number of nitrogens with zero attached hydrogens (tertiary/aromatic N) is 1. The summed E-state index contributed by atoms with van der Waals surface area (Å²) in [6.45, 7) is 0.0616. The molecular formula is C24H21ClN2O7. The van der Waals surface area contributed by atoms with Gasteiger partial charge in [-0.05, 0) is 29.7 Å². The van der Waals surface area contributed by atoms with Gasteiger partial charge in [-0.2, -0.15) is 0 Å². The third kappa shape index (κ3) is 4.47. The van der Waals surface area contributed by atoms with Gasteiger partial charge < -0.3 is 19.9 Å². The average molecular weight is 485 g/mol. The number of rotatable bonds is 6. The van der Waals surface area contributed by atoms with Gasteiger partial charge in [0.1, 0.15) is 23.7 Å². The summed E-state index contributed by atoms with van der Waals surface area (Å²) in [5, 5.41) is 11.2. The molecule has 0 bridgehead atoms. The maximum absolute atomic E-state index is 12.8. The SMILES string of the molecule is COC(=O)C1=C(N)OC2=C(C(=O)CCC2)[C@@H]1c1ccc(OCc2cccc([N+](=O)[O-])c2)c(Cl)c1. The van der Waals surface area contributed by atoms with Crippen LogP contribution in [0.15, 0.2) is 65.3 Å². The number of nitro groups is 1. The van der Waals surface area contributed by atoms with Gasteiger partial charge in [-0.1, -0.05) is 29.8 Å². The Hall–Kier alpha value is -3.85. The van der Waals surface area contributed by atoms with E-state index in [1.807, 2.05) is 0 Å². The van der Waals surface area contributed by atoms with Gasteiger partial charge in [0.2, 0.25) is 5.88 Å². The summed E-state index contributed by atoms with van der Waals surface area (Å²) in [5.74, 6) is -0.921. The minimum atomic E-state index is -0.785. The molecule has 0 saturated heterocycles. The van der Waals surface area contributed by atoms with Gasteiger partial charge in [0.25, 0.3) is 5.69 Å². The van der Waals surface area contributed by atoms with Crippen LogP contribution >= 0.6 is 11.6 Å². The lowest BCUT2D eigenvalue weighted by atomic mass is 9.77. The Bertz CT molecular complexity index is 1250. The molecule has 4 rings (SSSR count). The zero-order valence-electron chi connectivity index (χ0n) is 18.2. The molecule has 0 radical (unpaired) electrons. The molecule has 1 heterocycles. The maximum Gasteiger partial charge on any atom is 0.340 e. The number of methoxy groups -OCH3 is 1. The number of halogens is 1. The second-order valence-corrected chi connectivity index (χ2v) is 8.23. The third-order valence-electron chi connectivity index (χ3n) is 5.69. The molecule has 2 N–H and O–H groups in total. The van der Waals surface area contributed by atoms with Crippen LogP contribution in [0.2, 0.25) is 5.02 Å². The molecule has 1 aliphatic carbocycles. The monoisotopic (exact) mass is 484 g/mol. The Labute approximate surface area is 199 Å². The van der Waals surface area contributed by atoms with E-state index < -0.39 is 16.8 Å². The topological polar surface area (TPSA) is 131 Å². The molecule has 9 nitrogen and oxygen atoms in total. The van der Waals surface area contributed by atoms with Gasteiger partial charge >= 0.3 is 5.97 Å². The van der Waals surface area contributed by atoms with E-state index in [4.69, 9.17) is 31.5 Å². The summed E-state index contributed by atoms with van der Waals surface area (Å²) < 4.78 is 16.3. The number of hydrogen-bond donors (Lipinski definition) is 1. The van der Waals surface area contributed by atoms with E-state index in [0.29, 0.717) is 47.5 Å². The van der Waals surface area contributed by atoms with Crippen LogP contribution in [-0.2, 0) is 25.7 Å². The van der Waals surface area contributed by atoms with Crippen molar-refractivity contribution in [2.24, 2.45) is 5.73 Å². The van der Waals surface area contributed by atoms with Crippen molar-refractivity contribution in [3.8, 4) is 5.75 Å². The quantitative estimate of drug-likeness (QED) is 0.365. The van der Waals surface area contributed by atoms with E-state index in [2.05, 4.69) is 0 Å². The number of non-ortho nitro benzene ring substituents is 1. The number of allylic oxidation sites excluding steroid dienone is 2. The summed E-state index contributed by atoms with van der Waals surface area (Å²) in [4.78, 5) is 35.8. The summed E-state index contributed by atoms with van der Waals surface area (Å²) in [7, 11) is 1.23. The van der Waals surface area contributed by atoms with E-state index in [0.717, 1.165) is 0 Å². The number of nitrogens with two attached hydrogens (primary N) is 1. The Morgan fingerprint density at radius 1 is 1.26 bits per heavy atom. The number of ether oxygens (including phenoxy) is 3. The van der Waals surface area contributed by atoms with Crippen LogP contribution in [0.4, 0.5) is 5.69 Å².